The number of alkyl halides is 1. The van der Waals surface area contributed by atoms with Crippen LogP contribution in [0.4, 0.5) is 19.8 Å². The number of fused-ring (bicyclic) bond motifs is 4. The first-order valence-electron chi connectivity index (χ1n) is 33.4. The molecule has 2 aromatic carbocycles. The van der Waals surface area contributed by atoms with Gasteiger partial charge in [-0.1, -0.05) is 40.2 Å². The predicted molar refractivity (Wildman–Crippen MR) is 403 cm³/mol. The van der Waals surface area contributed by atoms with Gasteiger partial charge in [0.15, 0.2) is 0 Å². The van der Waals surface area contributed by atoms with Gasteiger partial charge in [0.05, 0.1) is 129 Å². The average molecular weight is 1580 g/mol. The van der Waals surface area contributed by atoms with E-state index in [4.69, 9.17) is 63.3 Å². The van der Waals surface area contributed by atoms with E-state index in [2.05, 4.69) is 81.0 Å². The van der Waals surface area contributed by atoms with Gasteiger partial charge >= 0.3 is 41.7 Å². The summed E-state index contributed by atoms with van der Waals surface area (Å²) in [6.07, 6.45) is 1.32. The fraction of sp³-hybridized carbons (Fsp3) is 0.606. The maximum atomic E-state index is 13.8. The van der Waals surface area contributed by atoms with Crippen LogP contribution in [0.15, 0.2) is 48.5 Å². The molecule has 0 aliphatic carbocycles. The van der Waals surface area contributed by atoms with Crippen molar-refractivity contribution in [3.63, 3.8) is 0 Å². The number of nitrogens with zero attached hydrogens (tertiary/aromatic N) is 4. The molecular formula is C71H115BrFN12NaO18S. The molecule has 8 rings (SSSR count). The SMILES string of the molecule is CC(C)(CO)NC(=O)OC(C)(C)C.COCCBr.COCCOCC(C)(C)N.COCCOCC(C)(C)NC(=O)OC(C)(C)C.COCCOCC(C)(C)Nc1nc2c(-c3cc4c([nH]3)CCNC4=O)cccc2nc1C.CS(=O)(=O)O.Cc1nc2cccc(-c3cc4c([nH]3)CCNC4=O)c2nc1F.[Na+].[OH-]. The van der Waals surface area contributed by atoms with Crippen molar-refractivity contribution in [1.29, 1.82) is 0 Å². The van der Waals surface area contributed by atoms with Gasteiger partial charge in [0.1, 0.15) is 28.1 Å². The number of rotatable bonds is 24. The van der Waals surface area contributed by atoms with Gasteiger partial charge in [0, 0.05) is 99.1 Å². The monoisotopic (exact) mass is 1580 g/mol. The van der Waals surface area contributed by atoms with E-state index in [1.54, 1.807) is 82.1 Å². The number of methoxy groups -OCH3 is 4. The fourth-order valence-corrected chi connectivity index (χ4v) is 9.15. The molecule has 0 unspecified atom stereocenters. The van der Waals surface area contributed by atoms with Crippen molar-refractivity contribution in [2.24, 2.45) is 5.73 Å². The third kappa shape index (κ3) is 40.6. The summed E-state index contributed by atoms with van der Waals surface area (Å²) in [6, 6.07) is 15.1. The van der Waals surface area contributed by atoms with Crippen LogP contribution in [0.3, 0.4) is 0 Å². The van der Waals surface area contributed by atoms with E-state index in [0.29, 0.717) is 107 Å². The number of H-pyrrole nitrogens is 2. The Morgan fingerprint density at radius 1 is 0.590 bits per heavy atom. The molecule has 0 saturated carbocycles. The summed E-state index contributed by atoms with van der Waals surface area (Å²) in [7, 11) is 2.94. The van der Waals surface area contributed by atoms with Gasteiger partial charge in [-0.2, -0.15) is 12.8 Å². The molecule has 34 heteroatoms. The van der Waals surface area contributed by atoms with Gasteiger partial charge in [-0.15, -0.1) is 0 Å². The Labute approximate surface area is 649 Å². The van der Waals surface area contributed by atoms with Crippen molar-refractivity contribution in [3.8, 4) is 22.5 Å². The van der Waals surface area contributed by atoms with Crippen LogP contribution < -0.4 is 61.9 Å². The summed E-state index contributed by atoms with van der Waals surface area (Å²) in [5, 5.41) is 24.3. The molecule has 6 aromatic rings. The molecule has 4 amide bonds. The van der Waals surface area contributed by atoms with Crippen LogP contribution in [0.2, 0.25) is 0 Å². The van der Waals surface area contributed by atoms with Gasteiger partial charge in [-0.25, -0.2) is 29.5 Å². The van der Waals surface area contributed by atoms with Crippen molar-refractivity contribution in [2.45, 2.75) is 157 Å². The number of aliphatic hydroxyl groups excluding tert-OH is 1. The minimum absolute atomic E-state index is 0. The Bertz CT molecular complexity index is 3720. The van der Waals surface area contributed by atoms with E-state index in [9.17, 15) is 32.0 Å². The van der Waals surface area contributed by atoms with E-state index < -0.39 is 50.5 Å². The molecule has 12 N–H and O–H groups in total. The Morgan fingerprint density at radius 3 is 1.33 bits per heavy atom. The van der Waals surface area contributed by atoms with Gasteiger partial charge in [0.25, 0.3) is 21.9 Å². The molecular weight excluding hydrogens is 1460 g/mol. The molecule has 6 heterocycles. The van der Waals surface area contributed by atoms with Crippen LogP contribution in [0.25, 0.3) is 44.6 Å². The zero-order valence-corrected chi connectivity index (χ0v) is 69.8. The van der Waals surface area contributed by atoms with E-state index in [1.165, 1.54) is 0 Å². The number of hydrogen-bond donors (Lipinski definition) is 10. The summed E-state index contributed by atoms with van der Waals surface area (Å²) >= 11 is 3.18. The number of aromatic amines is 2. The minimum Gasteiger partial charge on any atom is -0.870 e. The molecule has 30 nitrogen and oxygen atoms in total. The standard InChI is InChI=1S/C23H29N5O3.C16H13FN4O.C12H25NO4.C9H19NO3.C7H17NO2.C3H7BrO.CH4O3S.Na.H2O/c1-14-21(28-23(2,3)13-31-11-10-30-4)27-20-15(6-5-7-18(20)25-14)19-12-16-17(26-19)8-9-24-22(16)29;1-8-15(17)21-14-9(3-2-4-12(14)19-8)13-7-10-11(20-13)5-6-18-16(10)22;1-11(2,3)17-10(14)13-12(4,5)9-16-8-7-15-6;1-8(2,3)13-7(12)10-9(4,5)6-11;1-7(2,8)6-10-5-4-9-3;1-5-3-2-4;1-5(2,3)4;;/h5-7,12,26H,8-11,13H2,1-4H3,(H,24,29)(H,27,28);2-4,7,20H,5-6H2,1H3,(H,18,22);7-9H2,1-6H3,(H,13,14);11H,6H2,1-5H3,(H,10,12);4-6,8H2,1-3H3;2-3H2,1H3;1H3,(H,2,3,4);;1H2/q;;;;;;;+1;/p-1. The second-order valence-corrected chi connectivity index (χ2v) is 30.8. The Kier molecular flexibility index (Phi) is 44.2. The maximum Gasteiger partial charge on any atom is 1.00 e. The number of carbonyl (C=O) groups is 4. The quantitative estimate of drug-likeness (QED) is 0.0135. The molecule has 4 aromatic heterocycles. The third-order valence-corrected chi connectivity index (χ3v) is 13.7. The summed E-state index contributed by atoms with van der Waals surface area (Å²) in [6.45, 7) is 36.4. The molecule has 0 fully saturated rings. The van der Waals surface area contributed by atoms with Crippen molar-refractivity contribution in [1.82, 2.24) is 51.2 Å². The van der Waals surface area contributed by atoms with Crippen LogP contribution in [-0.4, -0.2) is 237 Å². The number of benzene rings is 2. The fourth-order valence-electron chi connectivity index (χ4n) is 8.83. The molecule has 0 saturated heterocycles. The average Bonchev–Trinajstić information content (AvgIpc) is 1.68. The number of nitrogens with one attached hydrogen (secondary N) is 7. The Hall–Kier alpha value is -6.12. The smallest absolute Gasteiger partial charge is 0.870 e. The Balaban J connectivity index is 0.00000130. The largest absolute Gasteiger partial charge is 1.00 e. The number of halogens is 2. The number of carbonyl (C=O) groups excluding carboxylic acids is 4. The summed E-state index contributed by atoms with van der Waals surface area (Å²) in [5.74, 6) is 0.0176. The third-order valence-electron chi connectivity index (χ3n) is 13.4. The first-order chi connectivity index (χ1) is 47.8. The number of ether oxygens (including phenoxy) is 9. The van der Waals surface area contributed by atoms with Gasteiger partial charge < -0.3 is 95.5 Å². The first kappa shape index (κ1) is 98.9. The van der Waals surface area contributed by atoms with E-state index in [-0.39, 0.29) is 70.2 Å². The number of aromatic nitrogens is 6. The summed E-state index contributed by atoms with van der Waals surface area (Å²) < 4.78 is 85.5. The van der Waals surface area contributed by atoms with Crippen LogP contribution in [0.5, 0.6) is 0 Å². The number of amides is 4. The minimum atomic E-state index is -3.67. The number of hydrogen-bond acceptors (Lipinski definition) is 23. The van der Waals surface area contributed by atoms with Crippen LogP contribution in [0, 0.1) is 19.8 Å². The van der Waals surface area contributed by atoms with E-state index in [0.717, 1.165) is 75.4 Å². The summed E-state index contributed by atoms with van der Waals surface area (Å²) in [5.41, 5.74) is 13.3. The van der Waals surface area contributed by atoms with Crippen molar-refractivity contribution in [3.05, 3.63) is 88.4 Å². The van der Waals surface area contributed by atoms with Gasteiger partial charge in [-0.3, -0.25) is 14.1 Å². The Morgan fingerprint density at radius 2 is 0.971 bits per heavy atom. The predicted octanol–water partition coefficient (Wildman–Crippen LogP) is 6.41. The van der Waals surface area contributed by atoms with Gasteiger partial charge in [-0.05, 0) is 135 Å². The topological polar surface area (TPSA) is 425 Å². The molecule has 0 atom stereocenters. The molecule has 105 heavy (non-hydrogen) atoms. The van der Waals surface area contributed by atoms with E-state index in [1.807, 2.05) is 91.8 Å². The first-order valence-corrected chi connectivity index (χ1v) is 36.4. The molecule has 588 valence electrons. The number of nitrogens with two attached hydrogens (primary N) is 1. The maximum absolute atomic E-state index is 13.8. The second kappa shape index (κ2) is 47.0. The number of alkyl carbamates (subject to hydrolysis) is 2. The second-order valence-electron chi connectivity index (χ2n) is 28.5. The zero-order valence-electron chi connectivity index (χ0n) is 65.4. The van der Waals surface area contributed by atoms with Crippen molar-refractivity contribution in [2.75, 3.05) is 131 Å². The molecule has 0 spiro atoms. The van der Waals surface area contributed by atoms with E-state index >= 15 is 0 Å². The molecule has 2 aliphatic rings. The number of aryl methyl sites for hydroxylation is 2. The summed E-state index contributed by atoms with van der Waals surface area (Å²) in [4.78, 5) is 71.4. The number of anilines is 1. The van der Waals surface area contributed by atoms with Crippen molar-refractivity contribution < 1.29 is 119 Å². The molecule has 2 aliphatic heterocycles. The molecule has 0 radical (unpaired) electrons. The zero-order chi connectivity index (χ0) is 78.2. The van der Waals surface area contributed by atoms with Gasteiger partial charge in [0.2, 0.25) is 5.95 Å². The van der Waals surface area contributed by atoms with Crippen LogP contribution in [-0.2, 0) is 65.6 Å². The number of aliphatic hydroxyl groups is 1. The van der Waals surface area contributed by atoms with Crippen molar-refractivity contribution >= 4 is 77.9 Å². The number of para-hydroxylation sites is 2. The van der Waals surface area contributed by atoms with Crippen LogP contribution in [0.1, 0.15) is 140 Å². The normalized spacial score (nSPS) is 12.7. The van der Waals surface area contributed by atoms with Crippen LogP contribution >= 0.6 is 15.9 Å². The molecule has 0 bridgehead atoms.